The zero-order chi connectivity index (χ0) is 10.5. The Morgan fingerprint density at radius 3 is 2.33 bits per heavy atom. The van der Waals surface area contributed by atoms with Gasteiger partial charge in [0.2, 0.25) is 0 Å². The molecule has 1 nitrogen and oxygen atoms in total. The fraction of sp³-hybridized carbons (Fsp3) is 0.500. The highest BCUT2D eigenvalue weighted by atomic mass is 14.3. The van der Waals surface area contributed by atoms with Crippen LogP contribution in [0.3, 0.4) is 0 Å². The van der Waals surface area contributed by atoms with Gasteiger partial charge in [-0.3, -0.25) is 0 Å². The lowest BCUT2D eigenvalue weighted by Gasteiger charge is -2.15. The molecule has 0 N–H and O–H groups in total. The average Bonchev–Trinajstić information content (AvgIpc) is 2.57. The van der Waals surface area contributed by atoms with Crippen molar-refractivity contribution in [3.05, 3.63) is 35.4 Å². The van der Waals surface area contributed by atoms with Crippen LogP contribution in [0.4, 0.5) is 0 Å². The molecule has 0 aliphatic heterocycles. The molecule has 0 atom stereocenters. The average molecular weight is 199 g/mol. The second-order valence-electron chi connectivity index (χ2n) is 4.39. The zero-order valence-corrected chi connectivity index (χ0v) is 9.08. The summed E-state index contributed by atoms with van der Waals surface area (Å²) < 4.78 is 0. The number of nitriles is 1. The molecule has 0 radical (unpaired) electrons. The quantitative estimate of drug-likeness (QED) is 0.627. The maximum atomic E-state index is 9.07. The lowest BCUT2D eigenvalue weighted by molar-refractivity contribution is 0.591. The molecule has 0 amide bonds. The summed E-state index contributed by atoms with van der Waals surface area (Å²) in [6, 6.07) is 10.4. The van der Waals surface area contributed by atoms with Gasteiger partial charge in [-0.1, -0.05) is 43.9 Å². The van der Waals surface area contributed by atoms with E-state index in [0.29, 0.717) is 5.92 Å². The SMILES string of the molecule is N#Cc1ccccc1C1CCCCCC1. The second kappa shape index (κ2) is 4.98. The lowest BCUT2D eigenvalue weighted by atomic mass is 9.89. The molecule has 2 rings (SSSR count). The Kier molecular flexibility index (Phi) is 3.40. The van der Waals surface area contributed by atoms with Gasteiger partial charge in [0, 0.05) is 0 Å². The Balaban J connectivity index is 2.23. The molecule has 0 saturated heterocycles. The van der Waals surface area contributed by atoms with Crippen LogP contribution >= 0.6 is 0 Å². The standard InChI is InChI=1S/C14H17N/c15-11-13-9-5-6-10-14(13)12-7-3-1-2-4-8-12/h5-6,9-10,12H,1-4,7-8H2. The summed E-state index contributed by atoms with van der Waals surface area (Å²) in [5, 5.41) is 9.07. The van der Waals surface area contributed by atoms with Crippen molar-refractivity contribution in [1.82, 2.24) is 0 Å². The maximum Gasteiger partial charge on any atom is 0.0994 e. The van der Waals surface area contributed by atoms with E-state index in [2.05, 4.69) is 18.2 Å². The van der Waals surface area contributed by atoms with Crippen LogP contribution in [0, 0.1) is 11.3 Å². The smallest absolute Gasteiger partial charge is 0.0994 e. The highest BCUT2D eigenvalue weighted by molar-refractivity contribution is 5.39. The molecule has 1 fully saturated rings. The van der Waals surface area contributed by atoms with Crippen LogP contribution in [0.2, 0.25) is 0 Å². The predicted molar refractivity (Wildman–Crippen MR) is 61.6 cm³/mol. The molecule has 0 spiro atoms. The van der Waals surface area contributed by atoms with Crippen LogP contribution < -0.4 is 0 Å². The van der Waals surface area contributed by atoms with E-state index in [1.165, 1.54) is 44.1 Å². The first kappa shape index (κ1) is 10.2. The molecule has 0 bridgehead atoms. The van der Waals surface area contributed by atoms with E-state index in [1.807, 2.05) is 12.1 Å². The van der Waals surface area contributed by atoms with E-state index in [4.69, 9.17) is 5.26 Å². The van der Waals surface area contributed by atoms with Gasteiger partial charge in [0.15, 0.2) is 0 Å². The fourth-order valence-electron chi connectivity index (χ4n) is 2.55. The molecule has 0 heterocycles. The van der Waals surface area contributed by atoms with Crippen LogP contribution in [0.15, 0.2) is 24.3 Å². The Hall–Kier alpha value is -1.29. The van der Waals surface area contributed by atoms with E-state index in [-0.39, 0.29) is 0 Å². The number of nitrogens with zero attached hydrogens (tertiary/aromatic N) is 1. The van der Waals surface area contributed by atoms with E-state index < -0.39 is 0 Å². The maximum absolute atomic E-state index is 9.07. The highest BCUT2D eigenvalue weighted by Crippen LogP contribution is 2.32. The van der Waals surface area contributed by atoms with Crippen LogP contribution in [0.5, 0.6) is 0 Å². The molecule has 1 aliphatic carbocycles. The summed E-state index contributed by atoms with van der Waals surface area (Å²) in [6.07, 6.45) is 7.91. The van der Waals surface area contributed by atoms with Gasteiger partial charge in [-0.2, -0.15) is 5.26 Å². The van der Waals surface area contributed by atoms with Crippen molar-refractivity contribution in [1.29, 1.82) is 5.26 Å². The normalized spacial score (nSPS) is 18.1. The van der Waals surface area contributed by atoms with E-state index >= 15 is 0 Å². The third-order valence-corrected chi connectivity index (χ3v) is 3.38. The first-order valence-electron chi connectivity index (χ1n) is 5.91. The number of hydrogen-bond donors (Lipinski definition) is 0. The summed E-state index contributed by atoms with van der Waals surface area (Å²) in [4.78, 5) is 0. The van der Waals surface area contributed by atoms with E-state index in [1.54, 1.807) is 0 Å². The number of benzene rings is 1. The number of rotatable bonds is 1. The van der Waals surface area contributed by atoms with Crippen molar-refractivity contribution in [3.63, 3.8) is 0 Å². The molecule has 1 aliphatic rings. The Morgan fingerprint density at radius 1 is 1.00 bits per heavy atom. The second-order valence-corrected chi connectivity index (χ2v) is 4.39. The minimum Gasteiger partial charge on any atom is -0.192 e. The summed E-state index contributed by atoms with van der Waals surface area (Å²) in [5.41, 5.74) is 2.16. The van der Waals surface area contributed by atoms with Crippen LogP contribution in [0.1, 0.15) is 55.6 Å². The van der Waals surface area contributed by atoms with Gasteiger partial charge in [-0.05, 0) is 30.4 Å². The van der Waals surface area contributed by atoms with Crippen molar-refractivity contribution < 1.29 is 0 Å². The Labute approximate surface area is 91.7 Å². The van der Waals surface area contributed by atoms with Crippen molar-refractivity contribution in [2.75, 3.05) is 0 Å². The first-order valence-corrected chi connectivity index (χ1v) is 5.91. The van der Waals surface area contributed by atoms with Crippen LogP contribution in [-0.2, 0) is 0 Å². The molecule has 15 heavy (non-hydrogen) atoms. The monoisotopic (exact) mass is 199 g/mol. The van der Waals surface area contributed by atoms with Crippen molar-refractivity contribution in [2.45, 2.75) is 44.4 Å². The Bertz CT molecular complexity index is 354. The number of hydrogen-bond acceptors (Lipinski definition) is 1. The van der Waals surface area contributed by atoms with Crippen LogP contribution in [0.25, 0.3) is 0 Å². The molecule has 0 aromatic heterocycles. The molecule has 1 saturated carbocycles. The summed E-state index contributed by atoms with van der Waals surface area (Å²) >= 11 is 0. The van der Waals surface area contributed by atoms with Gasteiger partial charge in [-0.25, -0.2) is 0 Å². The highest BCUT2D eigenvalue weighted by Gasteiger charge is 2.16. The lowest BCUT2D eigenvalue weighted by Crippen LogP contribution is -1.99. The molecule has 1 aromatic rings. The van der Waals surface area contributed by atoms with Gasteiger partial charge >= 0.3 is 0 Å². The largest absolute Gasteiger partial charge is 0.192 e. The van der Waals surface area contributed by atoms with Gasteiger partial charge in [0.05, 0.1) is 11.6 Å². The third-order valence-electron chi connectivity index (χ3n) is 3.38. The predicted octanol–water partition coefficient (Wildman–Crippen LogP) is 4.00. The van der Waals surface area contributed by atoms with Gasteiger partial charge in [0.25, 0.3) is 0 Å². The Morgan fingerprint density at radius 2 is 1.67 bits per heavy atom. The fourth-order valence-corrected chi connectivity index (χ4v) is 2.55. The van der Waals surface area contributed by atoms with Gasteiger partial charge in [0.1, 0.15) is 0 Å². The van der Waals surface area contributed by atoms with Crippen molar-refractivity contribution in [2.24, 2.45) is 0 Å². The third kappa shape index (κ3) is 2.39. The van der Waals surface area contributed by atoms with Crippen LogP contribution in [-0.4, -0.2) is 0 Å². The zero-order valence-electron chi connectivity index (χ0n) is 9.08. The minimum atomic E-state index is 0.628. The molecule has 0 unspecified atom stereocenters. The van der Waals surface area contributed by atoms with E-state index in [0.717, 1.165) is 5.56 Å². The summed E-state index contributed by atoms with van der Waals surface area (Å²) in [6.45, 7) is 0. The molecular weight excluding hydrogens is 182 g/mol. The van der Waals surface area contributed by atoms with Crippen molar-refractivity contribution in [3.8, 4) is 6.07 Å². The van der Waals surface area contributed by atoms with Gasteiger partial charge < -0.3 is 0 Å². The van der Waals surface area contributed by atoms with E-state index in [9.17, 15) is 0 Å². The minimum absolute atomic E-state index is 0.628. The topological polar surface area (TPSA) is 23.8 Å². The summed E-state index contributed by atoms with van der Waals surface area (Å²) in [5.74, 6) is 0.628. The summed E-state index contributed by atoms with van der Waals surface area (Å²) in [7, 11) is 0. The molecular formula is C14H17N. The van der Waals surface area contributed by atoms with Crippen molar-refractivity contribution >= 4 is 0 Å². The molecule has 1 aromatic carbocycles. The van der Waals surface area contributed by atoms with Gasteiger partial charge in [-0.15, -0.1) is 0 Å². The first-order chi connectivity index (χ1) is 7.42. The molecule has 1 heteroatoms. The molecule has 78 valence electrons.